The monoisotopic (exact) mass is 198 g/mol. The second-order valence-electron chi connectivity index (χ2n) is 3.95. The van der Waals surface area contributed by atoms with Gasteiger partial charge in [0.05, 0.1) is 6.54 Å². The van der Waals surface area contributed by atoms with Crippen molar-refractivity contribution in [2.24, 2.45) is 0 Å². The van der Waals surface area contributed by atoms with Gasteiger partial charge in [-0.2, -0.15) is 9.28 Å². The van der Waals surface area contributed by atoms with E-state index in [1.165, 1.54) is 0 Å². The van der Waals surface area contributed by atoms with Crippen LogP contribution in [0.4, 0.5) is 4.79 Å². The Hall–Kier alpha value is -1.16. The van der Waals surface area contributed by atoms with Gasteiger partial charge in [0, 0.05) is 18.4 Å². The molecule has 1 saturated heterocycles. The van der Waals surface area contributed by atoms with Gasteiger partial charge < -0.3 is 5.11 Å². The van der Waals surface area contributed by atoms with Gasteiger partial charge in [-0.15, -0.1) is 0 Å². The molecular weight excluding hydrogens is 182 g/mol. The Kier molecular flexibility index (Phi) is 2.76. The Morgan fingerprint density at radius 2 is 2.07 bits per heavy atom. The van der Waals surface area contributed by atoms with Crippen LogP contribution in [0.25, 0.3) is 0 Å². The molecule has 14 heavy (non-hydrogen) atoms. The Balaban J connectivity index is 3.11. The van der Waals surface area contributed by atoms with Gasteiger partial charge in [-0.1, -0.05) is 6.58 Å². The minimum atomic E-state index is -1.05. The molecule has 0 bridgehead atoms. The Morgan fingerprint density at radius 1 is 1.50 bits per heavy atom. The zero-order valence-electron chi connectivity index (χ0n) is 8.62. The topological polar surface area (TPSA) is 54.4 Å². The fraction of sp³-hybridized carbons (Fsp3) is 0.600. The Bertz CT molecular complexity index is 298. The van der Waals surface area contributed by atoms with Crippen molar-refractivity contribution in [1.82, 2.24) is 0 Å². The van der Waals surface area contributed by atoms with E-state index in [0.717, 1.165) is 12.8 Å². The molecule has 0 aromatic heterocycles. The molecular formula is C10H16NO3+. The molecule has 0 radical (unpaired) electrons. The summed E-state index contributed by atoms with van der Waals surface area (Å²) >= 11 is 0. The number of rotatable bonds is 1. The molecule has 4 heteroatoms. The molecule has 1 unspecified atom stereocenters. The number of hydrogen-bond donors (Lipinski definition) is 1. The third-order valence-electron chi connectivity index (χ3n) is 2.95. The predicted molar refractivity (Wildman–Crippen MR) is 51.7 cm³/mol. The quantitative estimate of drug-likeness (QED) is 0.516. The predicted octanol–water partition coefficient (Wildman–Crippen LogP) is 1.77. The summed E-state index contributed by atoms with van der Waals surface area (Å²) in [6.07, 6.45) is 0.514. The van der Waals surface area contributed by atoms with E-state index in [1.807, 2.05) is 6.92 Å². The van der Waals surface area contributed by atoms with Crippen molar-refractivity contribution >= 4 is 12.0 Å². The normalized spacial score (nSPS) is 31.4. The smallest absolute Gasteiger partial charge is 0.435 e. The van der Waals surface area contributed by atoms with Gasteiger partial charge in [0.1, 0.15) is 6.04 Å². The first-order valence-corrected chi connectivity index (χ1v) is 4.74. The average molecular weight is 198 g/mol. The summed E-state index contributed by atoms with van der Waals surface area (Å²) in [5, 5.41) is 9.16. The highest BCUT2D eigenvalue weighted by molar-refractivity contribution is 5.92. The molecule has 0 aliphatic carbocycles. The van der Waals surface area contributed by atoms with E-state index in [4.69, 9.17) is 5.11 Å². The Morgan fingerprint density at radius 3 is 2.36 bits per heavy atom. The molecule has 1 aliphatic rings. The first-order valence-electron chi connectivity index (χ1n) is 4.74. The number of carbonyl (C=O) groups excluding carboxylic acids is 1. The maximum absolute atomic E-state index is 11.8. The molecule has 2 atom stereocenters. The van der Waals surface area contributed by atoms with Crippen molar-refractivity contribution in [1.29, 1.82) is 0 Å². The van der Waals surface area contributed by atoms with Gasteiger partial charge in [-0.3, -0.25) is 0 Å². The standard InChI is InChI=1S/C10H15NO3/c1-7(2)9(12)11(10(13)14)6-4-5-8(11)3/h8H,1,4-6H2,2-3H3/p+1/t8-,11?/m1/s1. The van der Waals surface area contributed by atoms with Gasteiger partial charge in [-0.05, 0) is 13.8 Å². The highest BCUT2D eigenvalue weighted by Crippen LogP contribution is 2.29. The zero-order chi connectivity index (χ0) is 10.9. The van der Waals surface area contributed by atoms with Crippen molar-refractivity contribution < 1.29 is 19.2 Å². The van der Waals surface area contributed by atoms with Crippen LogP contribution in [-0.2, 0) is 4.79 Å². The number of imide groups is 1. The van der Waals surface area contributed by atoms with Crippen LogP contribution in [0.15, 0.2) is 12.2 Å². The van der Waals surface area contributed by atoms with E-state index in [-0.39, 0.29) is 11.9 Å². The Labute approximate surface area is 83.4 Å². The lowest BCUT2D eigenvalue weighted by Crippen LogP contribution is -2.58. The second kappa shape index (κ2) is 3.53. The van der Waals surface area contributed by atoms with Crippen LogP contribution in [0, 0.1) is 0 Å². The van der Waals surface area contributed by atoms with Crippen molar-refractivity contribution in [3.63, 3.8) is 0 Å². The van der Waals surface area contributed by atoms with Crippen LogP contribution < -0.4 is 0 Å². The summed E-state index contributed by atoms with van der Waals surface area (Å²) in [6, 6.07) is -0.142. The van der Waals surface area contributed by atoms with Gasteiger partial charge in [0.2, 0.25) is 0 Å². The first kappa shape index (κ1) is 10.9. The maximum atomic E-state index is 11.8. The number of amides is 2. The molecule has 1 fully saturated rings. The average Bonchev–Trinajstić information content (AvgIpc) is 2.46. The maximum Gasteiger partial charge on any atom is 0.521 e. The van der Waals surface area contributed by atoms with Crippen LogP contribution in [-0.4, -0.2) is 34.2 Å². The molecule has 0 spiro atoms. The van der Waals surface area contributed by atoms with E-state index in [0.29, 0.717) is 12.1 Å². The van der Waals surface area contributed by atoms with E-state index in [9.17, 15) is 9.59 Å². The molecule has 78 valence electrons. The van der Waals surface area contributed by atoms with Gasteiger partial charge in [-0.25, -0.2) is 4.79 Å². The molecule has 1 heterocycles. The fourth-order valence-electron chi connectivity index (χ4n) is 2.09. The summed E-state index contributed by atoms with van der Waals surface area (Å²) in [7, 11) is 0. The molecule has 2 amide bonds. The van der Waals surface area contributed by atoms with Gasteiger partial charge in [0.15, 0.2) is 0 Å². The third-order valence-corrected chi connectivity index (χ3v) is 2.95. The van der Waals surface area contributed by atoms with Crippen LogP contribution in [0.2, 0.25) is 0 Å². The van der Waals surface area contributed by atoms with Crippen molar-refractivity contribution in [2.75, 3.05) is 6.54 Å². The number of likely N-dealkylation sites (tertiary alicyclic amines) is 1. The lowest BCUT2D eigenvalue weighted by molar-refractivity contribution is -0.790. The molecule has 4 nitrogen and oxygen atoms in total. The van der Waals surface area contributed by atoms with E-state index >= 15 is 0 Å². The van der Waals surface area contributed by atoms with Gasteiger partial charge in [0.25, 0.3) is 0 Å². The van der Waals surface area contributed by atoms with Crippen molar-refractivity contribution in [3.05, 3.63) is 12.2 Å². The number of quaternary nitrogens is 1. The molecule has 0 aromatic rings. The summed E-state index contributed by atoms with van der Waals surface area (Å²) < 4.78 is -0.463. The summed E-state index contributed by atoms with van der Waals surface area (Å²) in [5.74, 6) is -0.359. The molecule has 1 rings (SSSR count). The third kappa shape index (κ3) is 1.35. The first-order chi connectivity index (χ1) is 6.43. The molecule has 1 aliphatic heterocycles. The largest absolute Gasteiger partial charge is 0.521 e. The minimum Gasteiger partial charge on any atom is -0.435 e. The van der Waals surface area contributed by atoms with Crippen LogP contribution in [0.5, 0.6) is 0 Å². The highest BCUT2D eigenvalue weighted by Gasteiger charge is 2.52. The highest BCUT2D eigenvalue weighted by atomic mass is 16.4. The SMILES string of the molecule is C=C(C)C(=O)[N+]1(C(=O)O)CCC[C@H]1C. The van der Waals surface area contributed by atoms with E-state index in [1.54, 1.807) is 6.92 Å². The van der Waals surface area contributed by atoms with Gasteiger partial charge >= 0.3 is 12.0 Å². The molecule has 1 N–H and O–H groups in total. The van der Waals surface area contributed by atoms with Crippen molar-refractivity contribution in [3.8, 4) is 0 Å². The lowest BCUT2D eigenvalue weighted by atomic mass is 10.2. The number of hydrogen-bond acceptors (Lipinski definition) is 2. The van der Waals surface area contributed by atoms with Crippen LogP contribution in [0.3, 0.4) is 0 Å². The van der Waals surface area contributed by atoms with Crippen molar-refractivity contribution in [2.45, 2.75) is 32.7 Å². The summed E-state index contributed by atoms with van der Waals surface area (Å²) in [6.45, 7) is 7.30. The summed E-state index contributed by atoms with van der Waals surface area (Å²) in [4.78, 5) is 23.0. The summed E-state index contributed by atoms with van der Waals surface area (Å²) in [5.41, 5.74) is 0.321. The zero-order valence-corrected chi connectivity index (χ0v) is 8.62. The van der Waals surface area contributed by atoms with E-state index in [2.05, 4.69) is 6.58 Å². The number of nitrogens with zero attached hydrogens (tertiary/aromatic N) is 1. The number of carbonyl (C=O) groups is 2. The lowest BCUT2D eigenvalue weighted by Gasteiger charge is -2.29. The van der Waals surface area contributed by atoms with Crippen LogP contribution >= 0.6 is 0 Å². The number of carboxylic acid groups (broad SMARTS) is 1. The van der Waals surface area contributed by atoms with Crippen LogP contribution in [0.1, 0.15) is 26.7 Å². The second-order valence-corrected chi connectivity index (χ2v) is 3.95. The fourth-order valence-corrected chi connectivity index (χ4v) is 2.09. The molecule has 0 aromatic carbocycles. The minimum absolute atomic E-state index is 0.142. The van der Waals surface area contributed by atoms with E-state index < -0.39 is 10.6 Å². The molecule has 0 saturated carbocycles.